The summed E-state index contributed by atoms with van der Waals surface area (Å²) in [6.07, 6.45) is 1.78. The van der Waals surface area contributed by atoms with Gasteiger partial charge in [-0.2, -0.15) is 11.8 Å². The van der Waals surface area contributed by atoms with Crippen LogP contribution < -0.4 is 14.8 Å². The van der Waals surface area contributed by atoms with Crippen molar-refractivity contribution < 1.29 is 18.7 Å². The lowest BCUT2D eigenvalue weighted by atomic mass is 10.2. The molecule has 0 spiro atoms. The molecule has 24 heavy (non-hydrogen) atoms. The zero-order chi connectivity index (χ0) is 17.2. The zero-order valence-electron chi connectivity index (χ0n) is 14.0. The van der Waals surface area contributed by atoms with E-state index < -0.39 is 6.10 Å². The lowest BCUT2D eigenvalue weighted by Crippen LogP contribution is -2.39. The average Bonchev–Trinajstić information content (AvgIpc) is 3.13. The molecule has 0 saturated carbocycles. The molecule has 1 N–H and O–H groups in total. The fourth-order valence-electron chi connectivity index (χ4n) is 2.07. The summed E-state index contributed by atoms with van der Waals surface area (Å²) in [5, 5.41) is 2.92. The van der Waals surface area contributed by atoms with E-state index in [4.69, 9.17) is 13.9 Å². The molecule has 0 aliphatic rings. The molecule has 5 nitrogen and oxygen atoms in total. The van der Waals surface area contributed by atoms with Crippen LogP contribution in [0.15, 0.2) is 47.1 Å². The maximum absolute atomic E-state index is 12.2. The van der Waals surface area contributed by atoms with E-state index in [9.17, 15) is 4.79 Å². The van der Waals surface area contributed by atoms with Crippen molar-refractivity contribution >= 4 is 17.7 Å². The van der Waals surface area contributed by atoms with Crippen molar-refractivity contribution in [2.75, 3.05) is 19.4 Å². The van der Waals surface area contributed by atoms with Crippen LogP contribution in [0.25, 0.3) is 0 Å². The first-order valence-electron chi connectivity index (χ1n) is 7.91. The molecule has 6 heteroatoms. The predicted octanol–water partition coefficient (Wildman–Crippen LogP) is 3.50. The van der Waals surface area contributed by atoms with Gasteiger partial charge < -0.3 is 19.2 Å². The van der Waals surface area contributed by atoms with E-state index >= 15 is 0 Å². The molecule has 0 fully saturated rings. The number of nitrogens with one attached hydrogen (secondary N) is 1. The SMILES string of the molecule is CC[C@@H](Oc1ccc(OC)cc1)C(=O)NCCSCc1ccco1. The quantitative estimate of drug-likeness (QED) is 0.665. The molecule has 1 aromatic carbocycles. The molecule has 130 valence electrons. The zero-order valence-corrected chi connectivity index (χ0v) is 14.8. The Kier molecular flexibility index (Phi) is 7.55. The minimum absolute atomic E-state index is 0.0908. The average molecular weight is 349 g/mol. The first-order valence-corrected chi connectivity index (χ1v) is 9.07. The lowest BCUT2D eigenvalue weighted by Gasteiger charge is -2.17. The second-order valence-electron chi connectivity index (χ2n) is 5.11. The Morgan fingerprint density at radius 3 is 2.62 bits per heavy atom. The smallest absolute Gasteiger partial charge is 0.261 e. The highest BCUT2D eigenvalue weighted by Crippen LogP contribution is 2.19. The van der Waals surface area contributed by atoms with E-state index in [0.29, 0.717) is 18.7 Å². The van der Waals surface area contributed by atoms with Crippen LogP contribution in [0.5, 0.6) is 11.5 Å². The predicted molar refractivity (Wildman–Crippen MR) is 95.6 cm³/mol. The number of methoxy groups -OCH3 is 1. The molecule has 0 saturated heterocycles. The van der Waals surface area contributed by atoms with Gasteiger partial charge >= 0.3 is 0 Å². The molecule has 0 bridgehead atoms. The Hall–Kier alpha value is -2.08. The van der Waals surface area contributed by atoms with Crippen LogP contribution in [0.1, 0.15) is 19.1 Å². The highest BCUT2D eigenvalue weighted by Gasteiger charge is 2.17. The second-order valence-corrected chi connectivity index (χ2v) is 6.22. The Bertz CT molecular complexity index is 598. The summed E-state index contributed by atoms with van der Waals surface area (Å²) in [6.45, 7) is 2.53. The summed E-state index contributed by atoms with van der Waals surface area (Å²) < 4.78 is 16.1. The lowest BCUT2D eigenvalue weighted by molar-refractivity contribution is -0.127. The Labute approximate surface area is 146 Å². The van der Waals surface area contributed by atoms with Gasteiger partial charge in [-0.05, 0) is 42.8 Å². The second kappa shape index (κ2) is 9.93. The van der Waals surface area contributed by atoms with Crippen LogP contribution in [-0.2, 0) is 10.5 Å². The molecular formula is C18H23NO4S. The van der Waals surface area contributed by atoms with E-state index in [1.54, 1.807) is 37.3 Å². The summed E-state index contributed by atoms with van der Waals surface area (Å²) in [5.41, 5.74) is 0. The van der Waals surface area contributed by atoms with Crippen molar-refractivity contribution in [2.24, 2.45) is 0 Å². The van der Waals surface area contributed by atoms with Crippen LogP contribution in [0.4, 0.5) is 0 Å². The van der Waals surface area contributed by atoms with Crippen molar-refractivity contribution in [1.29, 1.82) is 0 Å². The largest absolute Gasteiger partial charge is 0.497 e. The first-order chi connectivity index (χ1) is 11.7. The first kappa shape index (κ1) is 18.3. The molecule has 2 aromatic rings. The van der Waals surface area contributed by atoms with Crippen molar-refractivity contribution in [3.63, 3.8) is 0 Å². The van der Waals surface area contributed by atoms with Gasteiger partial charge in [-0.3, -0.25) is 4.79 Å². The molecular weight excluding hydrogens is 326 g/mol. The van der Waals surface area contributed by atoms with Gasteiger partial charge in [0, 0.05) is 12.3 Å². The van der Waals surface area contributed by atoms with Gasteiger partial charge in [0.1, 0.15) is 17.3 Å². The Balaban J connectivity index is 1.70. The molecule has 0 radical (unpaired) electrons. The normalized spacial score (nSPS) is 11.8. The molecule has 0 aliphatic heterocycles. The molecule has 1 aromatic heterocycles. The summed E-state index contributed by atoms with van der Waals surface area (Å²) in [4.78, 5) is 12.2. The number of hydrogen-bond donors (Lipinski definition) is 1. The molecule has 0 unspecified atom stereocenters. The van der Waals surface area contributed by atoms with Crippen LogP contribution in [-0.4, -0.2) is 31.4 Å². The van der Waals surface area contributed by atoms with Crippen LogP contribution in [0.3, 0.4) is 0 Å². The molecule has 0 aliphatic carbocycles. The fraction of sp³-hybridized carbons (Fsp3) is 0.389. The maximum Gasteiger partial charge on any atom is 0.261 e. The molecule has 1 heterocycles. The van der Waals surface area contributed by atoms with Crippen molar-refractivity contribution in [1.82, 2.24) is 5.32 Å². The number of amides is 1. The monoisotopic (exact) mass is 349 g/mol. The highest BCUT2D eigenvalue weighted by molar-refractivity contribution is 7.98. The van der Waals surface area contributed by atoms with Gasteiger partial charge in [0.05, 0.1) is 19.1 Å². The maximum atomic E-state index is 12.2. The van der Waals surface area contributed by atoms with Gasteiger partial charge in [0.2, 0.25) is 0 Å². The number of thioether (sulfide) groups is 1. The summed E-state index contributed by atoms with van der Waals surface area (Å²) in [7, 11) is 1.61. The summed E-state index contributed by atoms with van der Waals surface area (Å²) in [6, 6.07) is 11.0. The van der Waals surface area contributed by atoms with Crippen LogP contribution in [0, 0.1) is 0 Å². The standard InChI is InChI=1S/C18H23NO4S/c1-3-17(23-15-8-6-14(21-2)7-9-15)18(20)19-10-12-24-13-16-5-4-11-22-16/h4-9,11,17H,3,10,12-13H2,1-2H3,(H,19,20)/t17-/m1/s1. The van der Waals surface area contributed by atoms with E-state index in [1.807, 2.05) is 31.2 Å². The van der Waals surface area contributed by atoms with Gasteiger partial charge in [-0.1, -0.05) is 6.92 Å². The van der Waals surface area contributed by atoms with Crippen molar-refractivity contribution in [2.45, 2.75) is 25.2 Å². The number of benzene rings is 1. The highest BCUT2D eigenvalue weighted by atomic mass is 32.2. The molecule has 1 amide bonds. The van der Waals surface area contributed by atoms with E-state index in [2.05, 4.69) is 5.32 Å². The number of ether oxygens (including phenoxy) is 2. The number of carbonyl (C=O) groups is 1. The number of hydrogen-bond acceptors (Lipinski definition) is 5. The minimum Gasteiger partial charge on any atom is -0.497 e. The van der Waals surface area contributed by atoms with Gasteiger partial charge in [0.25, 0.3) is 5.91 Å². The molecule has 1 atom stereocenters. The van der Waals surface area contributed by atoms with Crippen molar-refractivity contribution in [3.8, 4) is 11.5 Å². The summed E-state index contributed by atoms with van der Waals surface area (Å²) in [5.74, 6) is 3.90. The third-order valence-corrected chi connectivity index (χ3v) is 4.35. The Morgan fingerprint density at radius 2 is 2.00 bits per heavy atom. The van der Waals surface area contributed by atoms with E-state index in [1.165, 1.54) is 0 Å². The number of carbonyl (C=O) groups excluding carboxylic acids is 1. The van der Waals surface area contributed by atoms with Gasteiger partial charge in [0.15, 0.2) is 6.10 Å². The van der Waals surface area contributed by atoms with Crippen LogP contribution >= 0.6 is 11.8 Å². The van der Waals surface area contributed by atoms with Crippen molar-refractivity contribution in [3.05, 3.63) is 48.4 Å². The Morgan fingerprint density at radius 1 is 1.25 bits per heavy atom. The number of furan rings is 1. The minimum atomic E-state index is -0.492. The third-order valence-electron chi connectivity index (χ3n) is 3.37. The van der Waals surface area contributed by atoms with E-state index in [-0.39, 0.29) is 5.91 Å². The fourth-order valence-corrected chi connectivity index (χ4v) is 2.82. The van der Waals surface area contributed by atoms with Gasteiger partial charge in [-0.15, -0.1) is 0 Å². The topological polar surface area (TPSA) is 60.7 Å². The third kappa shape index (κ3) is 5.85. The molecule has 2 rings (SSSR count). The summed E-state index contributed by atoms with van der Waals surface area (Å²) >= 11 is 1.72. The van der Waals surface area contributed by atoms with Gasteiger partial charge in [-0.25, -0.2) is 0 Å². The van der Waals surface area contributed by atoms with Crippen LogP contribution in [0.2, 0.25) is 0 Å². The number of rotatable bonds is 10. The van der Waals surface area contributed by atoms with E-state index in [0.717, 1.165) is 23.0 Å².